The van der Waals surface area contributed by atoms with E-state index in [4.69, 9.17) is 9.97 Å². The van der Waals surface area contributed by atoms with Gasteiger partial charge in [-0.15, -0.1) is 0 Å². The van der Waals surface area contributed by atoms with Gasteiger partial charge in [-0.3, -0.25) is 9.00 Å². The quantitative estimate of drug-likeness (QED) is 0.253. The van der Waals surface area contributed by atoms with Gasteiger partial charge in [-0.2, -0.15) is 0 Å². The molecular weight excluding hydrogens is 496 g/mol. The Morgan fingerprint density at radius 2 is 1.63 bits per heavy atom. The average molecular weight is 524 g/mol. The summed E-state index contributed by atoms with van der Waals surface area (Å²) in [5, 5.41) is 0. The highest BCUT2D eigenvalue weighted by Gasteiger charge is 2.22. The van der Waals surface area contributed by atoms with Crippen molar-refractivity contribution in [1.82, 2.24) is 14.5 Å². The number of anilines is 1. The zero-order valence-corrected chi connectivity index (χ0v) is 22.2. The number of pyridine rings is 1. The van der Waals surface area contributed by atoms with Gasteiger partial charge in [0.15, 0.2) is 5.65 Å². The highest BCUT2D eigenvalue weighted by molar-refractivity contribution is 7.81. The zero-order chi connectivity index (χ0) is 26.8. The molecule has 0 N–H and O–H groups in total. The van der Waals surface area contributed by atoms with Crippen LogP contribution in [-0.2, 0) is 24.2 Å². The van der Waals surface area contributed by atoms with Gasteiger partial charge in [-0.05, 0) is 54.8 Å². The van der Waals surface area contributed by atoms with Crippen LogP contribution in [0.3, 0.4) is 0 Å². The van der Waals surface area contributed by atoms with Gasteiger partial charge in [-0.25, -0.2) is 14.3 Å². The SMILES string of the molecule is CCc1nc2c(C)cc(C)nc2n1Cc1ccc(-c2ccccc2N(C(=O)c2ccccc2)S(=O)[O-])cc1. The summed E-state index contributed by atoms with van der Waals surface area (Å²) in [5.41, 5.74) is 6.96. The van der Waals surface area contributed by atoms with Gasteiger partial charge < -0.3 is 9.12 Å². The Bertz CT molecular complexity index is 1650. The first-order valence-electron chi connectivity index (χ1n) is 12.4. The number of imidazole rings is 1. The largest absolute Gasteiger partial charge is 0.755 e. The minimum atomic E-state index is -2.80. The van der Waals surface area contributed by atoms with E-state index in [2.05, 4.69) is 18.4 Å². The van der Waals surface area contributed by atoms with Crippen LogP contribution < -0.4 is 4.31 Å². The Morgan fingerprint density at radius 1 is 0.947 bits per heavy atom. The van der Waals surface area contributed by atoms with E-state index in [9.17, 15) is 13.6 Å². The maximum absolute atomic E-state index is 13.1. The van der Waals surface area contributed by atoms with E-state index < -0.39 is 17.2 Å². The minimum Gasteiger partial charge on any atom is -0.755 e. The van der Waals surface area contributed by atoms with Gasteiger partial charge in [0.05, 0.1) is 23.5 Å². The summed E-state index contributed by atoms with van der Waals surface area (Å²) in [6, 6.07) is 25.3. The fraction of sp³-hybridized carbons (Fsp3) is 0.167. The van der Waals surface area contributed by atoms with E-state index in [1.807, 2.05) is 49.4 Å². The van der Waals surface area contributed by atoms with Crippen LogP contribution in [0.1, 0.15) is 39.9 Å². The summed E-state index contributed by atoms with van der Waals surface area (Å²) in [7, 11) is 0. The van der Waals surface area contributed by atoms with Crippen LogP contribution in [0.2, 0.25) is 0 Å². The molecule has 0 spiro atoms. The molecule has 7 nitrogen and oxygen atoms in total. The molecule has 2 heterocycles. The second-order valence-corrected chi connectivity index (χ2v) is 9.92. The Labute approximate surface area is 224 Å². The van der Waals surface area contributed by atoms with E-state index >= 15 is 0 Å². The summed E-state index contributed by atoms with van der Waals surface area (Å²) in [4.78, 5) is 22.7. The van der Waals surface area contributed by atoms with Crippen LogP contribution >= 0.6 is 0 Å². The molecule has 3 aromatic carbocycles. The van der Waals surface area contributed by atoms with Crippen LogP contribution in [0.5, 0.6) is 0 Å². The molecule has 0 aliphatic rings. The first-order valence-corrected chi connectivity index (χ1v) is 13.4. The summed E-state index contributed by atoms with van der Waals surface area (Å²) in [6.07, 6.45) is 0.790. The second kappa shape index (κ2) is 10.7. The number of carbonyl (C=O) groups excluding carboxylic acids is 1. The molecule has 0 fully saturated rings. The predicted octanol–water partition coefficient (Wildman–Crippen LogP) is 5.77. The van der Waals surface area contributed by atoms with E-state index in [1.165, 1.54) is 0 Å². The Morgan fingerprint density at radius 3 is 2.32 bits per heavy atom. The van der Waals surface area contributed by atoms with Crippen molar-refractivity contribution < 1.29 is 13.6 Å². The van der Waals surface area contributed by atoms with Crippen molar-refractivity contribution in [2.45, 2.75) is 33.7 Å². The maximum Gasteiger partial charge on any atom is 0.269 e. The molecule has 192 valence electrons. The number of para-hydroxylation sites is 1. The van der Waals surface area contributed by atoms with Gasteiger partial charge in [0.1, 0.15) is 11.3 Å². The summed E-state index contributed by atoms with van der Waals surface area (Å²) < 4.78 is 27.4. The standard InChI is InChI=1S/C30H28N4O3S/c1-4-27-32-28-20(2)18-21(3)31-29(28)33(27)19-22-14-16-23(17-15-22)25-12-8-9-13-26(25)34(38(36)37)30(35)24-10-6-5-7-11-24/h5-18H,4,19H2,1-3H3,(H,36,37)/p-1. The van der Waals surface area contributed by atoms with Crippen molar-refractivity contribution in [3.05, 3.63) is 113 Å². The van der Waals surface area contributed by atoms with Crippen LogP contribution in [0.15, 0.2) is 84.9 Å². The number of amides is 1. The number of aromatic nitrogens is 3. The Balaban J connectivity index is 1.49. The Hall–Kier alpha value is -4.14. The van der Waals surface area contributed by atoms with Crippen LogP contribution in [0.25, 0.3) is 22.3 Å². The predicted molar refractivity (Wildman–Crippen MR) is 150 cm³/mol. The maximum atomic E-state index is 13.1. The summed E-state index contributed by atoms with van der Waals surface area (Å²) in [6.45, 7) is 6.74. The lowest BCUT2D eigenvalue weighted by Crippen LogP contribution is -2.33. The van der Waals surface area contributed by atoms with Crippen molar-refractivity contribution in [2.24, 2.45) is 0 Å². The van der Waals surface area contributed by atoms with Crippen molar-refractivity contribution in [1.29, 1.82) is 0 Å². The van der Waals surface area contributed by atoms with Gasteiger partial charge in [0, 0.05) is 23.2 Å². The van der Waals surface area contributed by atoms with Crippen LogP contribution in [-0.4, -0.2) is 29.2 Å². The van der Waals surface area contributed by atoms with Crippen LogP contribution in [0, 0.1) is 13.8 Å². The number of nitrogens with zero attached hydrogens (tertiary/aromatic N) is 4. The normalized spacial score (nSPS) is 12.0. The van der Waals surface area contributed by atoms with Crippen LogP contribution in [0.4, 0.5) is 5.69 Å². The van der Waals surface area contributed by atoms with Gasteiger partial charge in [-0.1, -0.05) is 67.6 Å². The molecule has 38 heavy (non-hydrogen) atoms. The molecule has 0 bridgehead atoms. The minimum absolute atomic E-state index is 0.292. The van der Waals surface area contributed by atoms with Gasteiger partial charge in [0.2, 0.25) is 0 Å². The number of carbonyl (C=O) groups is 1. The third-order valence-electron chi connectivity index (χ3n) is 6.50. The van der Waals surface area contributed by atoms with Crippen molar-refractivity contribution in [3.8, 4) is 11.1 Å². The first kappa shape index (κ1) is 25.5. The smallest absolute Gasteiger partial charge is 0.269 e. The lowest BCUT2D eigenvalue weighted by Gasteiger charge is -2.26. The average Bonchev–Trinajstić information content (AvgIpc) is 3.27. The second-order valence-electron chi connectivity index (χ2n) is 9.12. The molecule has 8 heteroatoms. The highest BCUT2D eigenvalue weighted by Crippen LogP contribution is 2.33. The summed E-state index contributed by atoms with van der Waals surface area (Å²) >= 11 is -2.80. The van der Waals surface area contributed by atoms with Crippen molar-refractivity contribution in [2.75, 3.05) is 4.31 Å². The zero-order valence-electron chi connectivity index (χ0n) is 21.4. The van der Waals surface area contributed by atoms with Gasteiger partial charge in [0.25, 0.3) is 5.91 Å². The Kier molecular flexibility index (Phi) is 7.18. The monoisotopic (exact) mass is 523 g/mol. The third kappa shape index (κ3) is 4.88. The molecule has 5 aromatic rings. The lowest BCUT2D eigenvalue weighted by molar-refractivity contribution is 0.100. The molecule has 0 aliphatic heterocycles. The van der Waals surface area contributed by atoms with E-state index in [1.54, 1.807) is 42.5 Å². The van der Waals surface area contributed by atoms with Crippen molar-refractivity contribution in [3.63, 3.8) is 0 Å². The number of fused-ring (bicyclic) bond motifs is 1. The number of aryl methyl sites for hydroxylation is 3. The van der Waals surface area contributed by atoms with Crippen molar-refractivity contribution >= 4 is 34.0 Å². The van der Waals surface area contributed by atoms with E-state index in [0.29, 0.717) is 23.4 Å². The van der Waals surface area contributed by atoms with E-state index in [0.717, 1.165) is 50.1 Å². The number of benzene rings is 3. The molecule has 0 aliphatic carbocycles. The molecule has 1 amide bonds. The molecule has 1 unspecified atom stereocenters. The fourth-order valence-corrected chi connectivity index (χ4v) is 5.27. The fourth-order valence-electron chi connectivity index (χ4n) is 4.71. The first-order chi connectivity index (χ1) is 18.4. The summed E-state index contributed by atoms with van der Waals surface area (Å²) in [5.74, 6) is 0.365. The molecule has 0 saturated carbocycles. The van der Waals surface area contributed by atoms with Gasteiger partial charge >= 0.3 is 0 Å². The highest BCUT2D eigenvalue weighted by atomic mass is 32.2. The molecule has 0 radical (unpaired) electrons. The molecule has 1 atom stereocenters. The number of hydrogen-bond donors (Lipinski definition) is 0. The third-order valence-corrected chi connectivity index (χ3v) is 7.16. The number of rotatable bonds is 7. The molecule has 5 rings (SSSR count). The molecule has 0 saturated heterocycles. The van der Waals surface area contributed by atoms with E-state index in [-0.39, 0.29) is 0 Å². The molecular formula is C30H27N4O3S-. The number of hydrogen-bond acceptors (Lipinski definition) is 5. The molecule has 2 aromatic heterocycles. The topological polar surface area (TPSA) is 91.2 Å². The lowest BCUT2D eigenvalue weighted by atomic mass is 10.0.